The summed E-state index contributed by atoms with van der Waals surface area (Å²) >= 11 is 0. The minimum atomic E-state index is -0.387. The fourth-order valence-electron chi connectivity index (χ4n) is 1.63. The Hall–Kier alpha value is -0.960. The molecule has 0 amide bonds. The molecule has 0 bridgehead atoms. The quantitative estimate of drug-likeness (QED) is 0.810. The van der Waals surface area contributed by atoms with Crippen LogP contribution in [0.3, 0.4) is 0 Å². The summed E-state index contributed by atoms with van der Waals surface area (Å²) in [7, 11) is 0. The van der Waals surface area contributed by atoms with Gasteiger partial charge in [0.15, 0.2) is 0 Å². The molecule has 0 aliphatic carbocycles. The van der Waals surface area contributed by atoms with Gasteiger partial charge in [-0.15, -0.1) is 0 Å². The van der Waals surface area contributed by atoms with E-state index < -0.39 is 0 Å². The van der Waals surface area contributed by atoms with Crippen molar-refractivity contribution in [2.24, 2.45) is 0 Å². The van der Waals surface area contributed by atoms with E-state index in [1.54, 1.807) is 0 Å². The summed E-state index contributed by atoms with van der Waals surface area (Å²) in [5.41, 5.74) is 0.434. The van der Waals surface area contributed by atoms with Crippen LogP contribution >= 0.6 is 0 Å². The molecule has 0 saturated heterocycles. The highest BCUT2D eigenvalue weighted by Gasteiger charge is 2.17. The zero-order chi connectivity index (χ0) is 11.4. The molecule has 1 rings (SSSR count). The summed E-state index contributed by atoms with van der Waals surface area (Å²) in [6.45, 7) is 6.68. The van der Waals surface area contributed by atoms with Crippen molar-refractivity contribution in [1.29, 1.82) is 0 Å². The van der Waals surface area contributed by atoms with Crippen LogP contribution < -0.4 is 5.32 Å². The van der Waals surface area contributed by atoms with Crippen molar-refractivity contribution >= 4 is 0 Å². The molecule has 15 heavy (non-hydrogen) atoms. The van der Waals surface area contributed by atoms with Gasteiger partial charge in [-0.3, -0.25) is 0 Å². The summed E-state index contributed by atoms with van der Waals surface area (Å²) in [6.07, 6.45) is 0. The summed E-state index contributed by atoms with van der Waals surface area (Å²) in [4.78, 5) is 0. The highest BCUT2D eigenvalue weighted by molar-refractivity contribution is 5.23. The van der Waals surface area contributed by atoms with Gasteiger partial charge in [-0.25, -0.2) is 8.78 Å². The maximum Gasteiger partial charge on any atom is 0.126 e. The van der Waals surface area contributed by atoms with Crippen LogP contribution in [0.5, 0.6) is 0 Å². The second kappa shape index (κ2) is 5.21. The van der Waals surface area contributed by atoms with E-state index in [9.17, 15) is 8.78 Å². The monoisotopic (exact) mass is 213 g/mol. The molecule has 0 aromatic heterocycles. The van der Waals surface area contributed by atoms with Crippen LogP contribution in [0.25, 0.3) is 0 Å². The zero-order valence-electron chi connectivity index (χ0n) is 9.35. The van der Waals surface area contributed by atoms with Crippen LogP contribution in [0.1, 0.15) is 32.3 Å². The molecule has 1 nitrogen and oxygen atoms in total. The van der Waals surface area contributed by atoms with Gasteiger partial charge in [-0.1, -0.05) is 13.8 Å². The van der Waals surface area contributed by atoms with Crippen molar-refractivity contribution in [2.75, 3.05) is 6.54 Å². The highest BCUT2D eigenvalue weighted by Crippen LogP contribution is 2.22. The van der Waals surface area contributed by atoms with Crippen LogP contribution in [0.2, 0.25) is 0 Å². The van der Waals surface area contributed by atoms with Crippen molar-refractivity contribution in [2.45, 2.75) is 32.7 Å². The predicted octanol–water partition coefficient (Wildman–Crippen LogP) is 3.07. The molecule has 0 saturated carbocycles. The molecule has 3 heteroatoms. The average Bonchev–Trinajstić information content (AvgIpc) is 2.21. The first-order valence-corrected chi connectivity index (χ1v) is 5.24. The number of likely N-dealkylation sites (N-methyl/N-ethyl adjacent to an activating group) is 1. The number of hydrogen-bond acceptors (Lipinski definition) is 1. The van der Waals surface area contributed by atoms with E-state index in [0.29, 0.717) is 5.56 Å². The molecule has 2 unspecified atom stereocenters. The van der Waals surface area contributed by atoms with Crippen LogP contribution in [0, 0.1) is 11.6 Å². The zero-order valence-corrected chi connectivity index (χ0v) is 9.35. The van der Waals surface area contributed by atoms with E-state index in [0.717, 1.165) is 12.6 Å². The Kier molecular flexibility index (Phi) is 4.21. The van der Waals surface area contributed by atoms with Gasteiger partial charge in [0.1, 0.15) is 11.6 Å². The second-order valence-electron chi connectivity index (χ2n) is 3.80. The maximum atomic E-state index is 13.4. The lowest BCUT2D eigenvalue weighted by Gasteiger charge is -2.21. The van der Waals surface area contributed by atoms with E-state index in [-0.39, 0.29) is 23.6 Å². The third-order valence-corrected chi connectivity index (χ3v) is 2.72. The van der Waals surface area contributed by atoms with E-state index in [4.69, 9.17) is 0 Å². The van der Waals surface area contributed by atoms with Crippen molar-refractivity contribution in [3.63, 3.8) is 0 Å². The molecule has 0 radical (unpaired) electrons. The van der Waals surface area contributed by atoms with Crippen molar-refractivity contribution in [1.82, 2.24) is 5.32 Å². The summed E-state index contributed by atoms with van der Waals surface area (Å²) in [5, 5.41) is 3.20. The van der Waals surface area contributed by atoms with Gasteiger partial charge in [0, 0.05) is 6.04 Å². The molecule has 0 aliphatic rings. The first-order chi connectivity index (χ1) is 7.06. The smallest absolute Gasteiger partial charge is 0.126 e. The summed E-state index contributed by atoms with van der Waals surface area (Å²) in [6, 6.07) is 3.73. The van der Waals surface area contributed by atoms with E-state index in [1.807, 2.05) is 20.8 Å². The van der Waals surface area contributed by atoms with Gasteiger partial charge >= 0.3 is 0 Å². The number of rotatable bonds is 4. The molecule has 1 aromatic carbocycles. The minimum absolute atomic E-state index is 0.0411. The lowest BCUT2D eigenvalue weighted by Crippen LogP contribution is -2.31. The molecular weight excluding hydrogens is 196 g/mol. The fraction of sp³-hybridized carbons (Fsp3) is 0.500. The number of benzene rings is 1. The molecule has 0 aliphatic heterocycles. The normalized spacial score (nSPS) is 15.0. The first-order valence-electron chi connectivity index (χ1n) is 5.24. The lowest BCUT2D eigenvalue weighted by molar-refractivity contribution is 0.472. The fourth-order valence-corrected chi connectivity index (χ4v) is 1.63. The van der Waals surface area contributed by atoms with Gasteiger partial charge in [-0.2, -0.15) is 0 Å². The van der Waals surface area contributed by atoms with Crippen molar-refractivity contribution < 1.29 is 8.78 Å². The van der Waals surface area contributed by atoms with Crippen LogP contribution in [-0.4, -0.2) is 12.6 Å². The summed E-state index contributed by atoms with van der Waals surface area (Å²) in [5.74, 6) is -0.767. The molecule has 0 fully saturated rings. The third-order valence-electron chi connectivity index (χ3n) is 2.72. The predicted molar refractivity (Wildman–Crippen MR) is 57.9 cm³/mol. The Bertz CT molecular complexity index is 325. The molecule has 1 aromatic rings. The van der Waals surface area contributed by atoms with Gasteiger partial charge in [0.05, 0.1) is 0 Å². The highest BCUT2D eigenvalue weighted by atomic mass is 19.1. The van der Waals surface area contributed by atoms with Crippen LogP contribution in [0.4, 0.5) is 8.78 Å². The first kappa shape index (κ1) is 12.1. The van der Waals surface area contributed by atoms with E-state index in [1.165, 1.54) is 12.1 Å². The van der Waals surface area contributed by atoms with Crippen molar-refractivity contribution in [3.8, 4) is 0 Å². The Balaban J connectivity index is 2.89. The molecule has 1 N–H and O–H groups in total. The molecule has 2 atom stereocenters. The SMILES string of the molecule is CCNC(C)C(C)c1cc(F)ccc1F. The molecular formula is C12H17F2N. The Morgan fingerprint density at radius 3 is 2.53 bits per heavy atom. The van der Waals surface area contributed by atoms with Crippen LogP contribution in [0.15, 0.2) is 18.2 Å². The Morgan fingerprint density at radius 2 is 1.93 bits per heavy atom. The number of hydrogen-bond donors (Lipinski definition) is 1. The lowest BCUT2D eigenvalue weighted by atomic mass is 9.94. The van der Waals surface area contributed by atoms with Gasteiger partial charge in [-0.05, 0) is 43.1 Å². The summed E-state index contributed by atoms with van der Waals surface area (Å²) < 4.78 is 26.4. The molecule has 0 heterocycles. The molecule has 84 valence electrons. The van der Waals surface area contributed by atoms with Gasteiger partial charge in [0.25, 0.3) is 0 Å². The number of nitrogens with one attached hydrogen (secondary N) is 1. The largest absolute Gasteiger partial charge is 0.314 e. The minimum Gasteiger partial charge on any atom is -0.314 e. The topological polar surface area (TPSA) is 12.0 Å². The number of halogens is 2. The van der Waals surface area contributed by atoms with Crippen molar-refractivity contribution in [3.05, 3.63) is 35.4 Å². The molecule has 0 spiro atoms. The average molecular weight is 213 g/mol. The Morgan fingerprint density at radius 1 is 1.27 bits per heavy atom. The van der Waals surface area contributed by atoms with E-state index in [2.05, 4.69) is 5.32 Å². The van der Waals surface area contributed by atoms with Gasteiger partial charge in [0.2, 0.25) is 0 Å². The van der Waals surface area contributed by atoms with Gasteiger partial charge < -0.3 is 5.32 Å². The standard InChI is InChI=1S/C12H17F2N/c1-4-15-9(3)8(2)11-7-10(13)5-6-12(11)14/h5-9,15H,4H2,1-3H3. The maximum absolute atomic E-state index is 13.4. The third kappa shape index (κ3) is 2.99. The second-order valence-corrected chi connectivity index (χ2v) is 3.80. The van der Waals surface area contributed by atoms with E-state index >= 15 is 0 Å². The van der Waals surface area contributed by atoms with Crippen LogP contribution in [-0.2, 0) is 0 Å². The Labute approximate surface area is 89.5 Å².